The number of hydrogen-bond acceptors (Lipinski definition) is 9. The molecule has 0 saturated carbocycles. The Balaban J connectivity index is 1.45. The Morgan fingerprint density at radius 1 is 1.25 bits per heavy atom. The molecule has 0 bridgehead atoms. The molecular formula is C25H31N7O2S2. The number of hydrogen-bond donors (Lipinski definition) is 3. The number of carbonyl (C=O) groups excluding carboxylic acids is 1. The van der Waals surface area contributed by atoms with Crippen LogP contribution in [0.15, 0.2) is 53.4 Å². The van der Waals surface area contributed by atoms with Crippen molar-refractivity contribution in [2.24, 2.45) is 0 Å². The van der Waals surface area contributed by atoms with E-state index < -0.39 is 0 Å². The van der Waals surface area contributed by atoms with Gasteiger partial charge in [-0.15, -0.1) is 16.8 Å². The van der Waals surface area contributed by atoms with Gasteiger partial charge in [-0.3, -0.25) is 0 Å². The van der Waals surface area contributed by atoms with Crippen molar-refractivity contribution in [1.82, 2.24) is 20.5 Å². The maximum atomic E-state index is 12.0. The van der Waals surface area contributed by atoms with E-state index in [0.717, 1.165) is 70.5 Å². The topological polar surface area (TPSA) is 104 Å². The molecule has 1 saturated heterocycles. The summed E-state index contributed by atoms with van der Waals surface area (Å²) in [5.41, 5.74) is 3.87. The first kappa shape index (κ1) is 25.9. The van der Waals surface area contributed by atoms with E-state index in [1.165, 1.54) is 0 Å². The third-order valence-electron chi connectivity index (χ3n) is 5.40. The van der Waals surface area contributed by atoms with Crippen LogP contribution in [0.1, 0.15) is 23.2 Å². The number of nitrogens with zero attached hydrogens (tertiary/aromatic N) is 4. The molecule has 1 aromatic carbocycles. The Hall–Kier alpha value is -3.15. The minimum Gasteiger partial charge on any atom is -0.378 e. The lowest BCUT2D eigenvalue weighted by atomic mass is 10.2. The van der Waals surface area contributed by atoms with Crippen LogP contribution >= 0.6 is 23.1 Å². The number of anilines is 3. The molecule has 3 aromatic rings. The number of urea groups is 1. The number of pyridine rings is 1. The van der Waals surface area contributed by atoms with Crippen LogP contribution in [-0.4, -0.2) is 54.1 Å². The largest absolute Gasteiger partial charge is 0.378 e. The van der Waals surface area contributed by atoms with Gasteiger partial charge >= 0.3 is 6.03 Å². The van der Waals surface area contributed by atoms with Crippen molar-refractivity contribution in [2.45, 2.75) is 30.0 Å². The molecule has 1 aliphatic rings. The lowest BCUT2D eigenvalue weighted by Gasteiger charge is -2.29. The second-order valence-corrected chi connectivity index (χ2v) is 10.4. The molecule has 0 unspecified atom stereocenters. The second-order valence-electron chi connectivity index (χ2n) is 8.08. The Morgan fingerprint density at radius 2 is 2.11 bits per heavy atom. The zero-order valence-electron chi connectivity index (χ0n) is 20.3. The summed E-state index contributed by atoms with van der Waals surface area (Å²) >= 11 is 3.30. The normalized spacial score (nSPS) is 13.3. The van der Waals surface area contributed by atoms with E-state index in [1.54, 1.807) is 29.2 Å². The van der Waals surface area contributed by atoms with Gasteiger partial charge in [0.25, 0.3) is 0 Å². The van der Waals surface area contributed by atoms with Crippen molar-refractivity contribution in [2.75, 3.05) is 48.4 Å². The standard InChI is InChI=1S/C25H31N7O2S2/c1-3-8-26-24(33)29-19-7-5-6-18(13-19)16-27-22-15-21(32-9-11-34-12-10-32)14-20(28-22)17-35-25-31-30-23(4-2)36-25/h3,5-7,13-15H,1,4,8-12,16-17H2,2H3,(H,27,28)(H2,26,29,33). The Labute approximate surface area is 219 Å². The fraction of sp³-hybridized carbons (Fsp3) is 0.360. The first-order valence-corrected chi connectivity index (χ1v) is 13.7. The highest BCUT2D eigenvalue weighted by Gasteiger charge is 2.15. The van der Waals surface area contributed by atoms with Gasteiger partial charge in [-0.2, -0.15) is 0 Å². The molecule has 0 radical (unpaired) electrons. The van der Waals surface area contributed by atoms with Crippen LogP contribution < -0.4 is 20.9 Å². The van der Waals surface area contributed by atoms with Crippen LogP contribution in [0.2, 0.25) is 0 Å². The van der Waals surface area contributed by atoms with Crippen LogP contribution in [0, 0.1) is 0 Å². The summed E-state index contributed by atoms with van der Waals surface area (Å²) in [5.74, 6) is 1.52. The first-order valence-electron chi connectivity index (χ1n) is 11.9. The van der Waals surface area contributed by atoms with E-state index in [1.807, 2.05) is 24.3 Å². The van der Waals surface area contributed by atoms with Crippen molar-refractivity contribution in [3.8, 4) is 0 Å². The summed E-state index contributed by atoms with van der Waals surface area (Å²) < 4.78 is 6.50. The van der Waals surface area contributed by atoms with Crippen LogP contribution in [0.3, 0.4) is 0 Å². The van der Waals surface area contributed by atoms with E-state index in [0.29, 0.717) is 18.8 Å². The molecule has 1 aliphatic heterocycles. The molecule has 3 N–H and O–H groups in total. The average Bonchev–Trinajstić information content (AvgIpc) is 3.38. The molecule has 0 spiro atoms. The highest BCUT2D eigenvalue weighted by atomic mass is 32.2. The highest BCUT2D eigenvalue weighted by Crippen LogP contribution is 2.29. The smallest absolute Gasteiger partial charge is 0.319 e. The average molecular weight is 526 g/mol. The van der Waals surface area contributed by atoms with Gasteiger partial charge in [0.05, 0.1) is 18.9 Å². The molecule has 3 heterocycles. The molecule has 2 aromatic heterocycles. The van der Waals surface area contributed by atoms with Gasteiger partial charge in [-0.1, -0.05) is 48.2 Å². The third-order valence-corrected chi connectivity index (χ3v) is 7.63. The number of thioether (sulfide) groups is 1. The summed E-state index contributed by atoms with van der Waals surface area (Å²) in [6, 6.07) is 11.7. The molecule has 190 valence electrons. The van der Waals surface area contributed by atoms with Gasteiger partial charge in [-0.05, 0) is 30.2 Å². The number of nitrogens with one attached hydrogen (secondary N) is 3. The van der Waals surface area contributed by atoms with E-state index in [4.69, 9.17) is 9.72 Å². The molecule has 0 atom stereocenters. The van der Waals surface area contributed by atoms with Crippen LogP contribution in [0.4, 0.5) is 22.0 Å². The molecule has 4 rings (SSSR count). The van der Waals surface area contributed by atoms with E-state index >= 15 is 0 Å². The van der Waals surface area contributed by atoms with Crippen molar-refractivity contribution in [3.63, 3.8) is 0 Å². The number of morpholine rings is 1. The van der Waals surface area contributed by atoms with Crippen LogP contribution in [-0.2, 0) is 23.5 Å². The minimum atomic E-state index is -0.261. The van der Waals surface area contributed by atoms with Gasteiger partial charge in [0.15, 0.2) is 4.34 Å². The van der Waals surface area contributed by atoms with Gasteiger partial charge < -0.3 is 25.6 Å². The molecule has 9 nitrogen and oxygen atoms in total. The number of benzene rings is 1. The molecule has 11 heteroatoms. The summed E-state index contributed by atoms with van der Waals surface area (Å²) in [6.07, 6.45) is 2.54. The molecular weight excluding hydrogens is 494 g/mol. The Bertz CT molecular complexity index is 1160. The van der Waals surface area contributed by atoms with Crippen molar-refractivity contribution in [3.05, 3.63) is 65.3 Å². The van der Waals surface area contributed by atoms with E-state index in [2.05, 4.69) is 56.7 Å². The summed E-state index contributed by atoms with van der Waals surface area (Å²) in [6.45, 7) is 9.84. The van der Waals surface area contributed by atoms with Gasteiger partial charge in [0, 0.05) is 49.4 Å². The maximum absolute atomic E-state index is 12.0. The monoisotopic (exact) mass is 525 g/mol. The number of aromatic nitrogens is 3. The predicted octanol–water partition coefficient (Wildman–Crippen LogP) is 4.54. The quantitative estimate of drug-likeness (QED) is 0.248. The lowest BCUT2D eigenvalue weighted by Crippen LogP contribution is -2.36. The van der Waals surface area contributed by atoms with Crippen LogP contribution in [0.25, 0.3) is 0 Å². The second kappa shape index (κ2) is 13.2. The van der Waals surface area contributed by atoms with E-state index in [9.17, 15) is 4.79 Å². The number of rotatable bonds is 11. The SMILES string of the molecule is C=CCNC(=O)Nc1cccc(CNc2cc(N3CCOCC3)cc(CSc3nnc(CC)s3)n2)c1. The number of aryl methyl sites for hydroxylation is 1. The van der Waals surface area contributed by atoms with Gasteiger partial charge in [0.1, 0.15) is 10.8 Å². The summed E-state index contributed by atoms with van der Waals surface area (Å²) in [5, 5.41) is 18.6. The number of amides is 2. The van der Waals surface area contributed by atoms with Crippen molar-refractivity contribution < 1.29 is 9.53 Å². The molecule has 36 heavy (non-hydrogen) atoms. The van der Waals surface area contributed by atoms with Crippen molar-refractivity contribution >= 4 is 46.3 Å². The lowest BCUT2D eigenvalue weighted by molar-refractivity contribution is 0.122. The van der Waals surface area contributed by atoms with Crippen LogP contribution in [0.5, 0.6) is 0 Å². The highest BCUT2D eigenvalue weighted by molar-refractivity contribution is 8.00. The Morgan fingerprint density at radius 3 is 2.89 bits per heavy atom. The fourth-order valence-corrected chi connectivity index (χ4v) is 5.34. The third kappa shape index (κ3) is 7.67. The molecule has 0 aliphatic carbocycles. The van der Waals surface area contributed by atoms with E-state index in [-0.39, 0.29) is 6.03 Å². The number of carbonyl (C=O) groups is 1. The first-order chi connectivity index (χ1) is 17.6. The maximum Gasteiger partial charge on any atom is 0.319 e. The zero-order chi connectivity index (χ0) is 25.2. The Kier molecular flexibility index (Phi) is 9.54. The van der Waals surface area contributed by atoms with Crippen molar-refractivity contribution in [1.29, 1.82) is 0 Å². The fourth-order valence-electron chi connectivity index (χ4n) is 3.61. The predicted molar refractivity (Wildman–Crippen MR) is 147 cm³/mol. The zero-order valence-corrected chi connectivity index (χ0v) is 22.0. The molecule has 2 amide bonds. The minimum absolute atomic E-state index is 0.261. The van der Waals surface area contributed by atoms with Gasteiger partial charge in [-0.25, -0.2) is 9.78 Å². The van der Waals surface area contributed by atoms with Gasteiger partial charge in [0.2, 0.25) is 0 Å². The number of ether oxygens (including phenoxy) is 1. The summed E-state index contributed by atoms with van der Waals surface area (Å²) in [7, 11) is 0. The summed E-state index contributed by atoms with van der Waals surface area (Å²) in [4.78, 5) is 19.1. The molecule has 1 fully saturated rings.